The van der Waals surface area contributed by atoms with Crippen LogP contribution in [0.1, 0.15) is 83.6 Å². The van der Waals surface area contributed by atoms with E-state index in [9.17, 15) is 0 Å². The second-order valence-electron chi connectivity index (χ2n) is 11.4. The Morgan fingerprint density at radius 2 is 1.79 bits per heavy atom. The van der Waals surface area contributed by atoms with E-state index in [-0.39, 0.29) is 5.41 Å². The van der Waals surface area contributed by atoms with Crippen LogP contribution in [0.2, 0.25) is 5.02 Å². The van der Waals surface area contributed by atoms with Crippen LogP contribution in [-0.2, 0) is 5.41 Å². The van der Waals surface area contributed by atoms with Crippen LogP contribution >= 0.6 is 23.4 Å². The van der Waals surface area contributed by atoms with E-state index in [1.165, 1.54) is 105 Å². The van der Waals surface area contributed by atoms with Gasteiger partial charge in [0.2, 0.25) is 5.04 Å². The molecule has 1 aromatic rings. The fourth-order valence-electron chi connectivity index (χ4n) is 6.70. The highest BCUT2D eigenvalue weighted by molar-refractivity contribution is 8.14. The minimum absolute atomic E-state index is 0.0322. The van der Waals surface area contributed by atoms with Crippen LogP contribution in [0.4, 0.5) is 5.69 Å². The largest absolute Gasteiger partial charge is 0.344 e. The number of anilines is 1. The Hall–Kier alpha value is -1.19. The summed E-state index contributed by atoms with van der Waals surface area (Å²) in [6.07, 6.45) is 21.2. The molecule has 5 rings (SSSR count). The normalized spacial score (nSPS) is 24.8. The Morgan fingerprint density at radius 3 is 2.59 bits per heavy atom. The second-order valence-corrected chi connectivity index (χ2v) is 13.0. The number of hydrogen-bond donors (Lipinski definition) is 0. The van der Waals surface area contributed by atoms with Crippen LogP contribution in [0, 0.1) is 11.8 Å². The Kier molecular flexibility index (Phi) is 7.80. The van der Waals surface area contributed by atoms with E-state index < -0.39 is 0 Å². The van der Waals surface area contributed by atoms with E-state index >= 15 is 0 Å². The summed E-state index contributed by atoms with van der Waals surface area (Å²) < 4.78 is 2.65. The van der Waals surface area contributed by atoms with Gasteiger partial charge in [-0.1, -0.05) is 88.2 Å². The maximum Gasteiger partial charge on any atom is 0.234 e. The Bertz CT molecular complexity index is 964. The summed E-state index contributed by atoms with van der Waals surface area (Å²) in [6, 6.07) is 6.50. The van der Waals surface area contributed by atoms with E-state index in [4.69, 9.17) is 11.6 Å². The average molecular weight is 498 g/mol. The van der Waals surface area contributed by atoms with Crippen LogP contribution in [0.3, 0.4) is 0 Å². The molecule has 0 amide bonds. The molecule has 0 spiro atoms. The van der Waals surface area contributed by atoms with Gasteiger partial charge in [0.25, 0.3) is 0 Å². The van der Waals surface area contributed by atoms with Crippen molar-refractivity contribution in [3.8, 4) is 0 Å². The lowest BCUT2D eigenvalue weighted by Gasteiger charge is -2.28. The van der Waals surface area contributed by atoms with E-state index in [1.54, 1.807) is 0 Å². The van der Waals surface area contributed by atoms with Crippen molar-refractivity contribution in [1.82, 2.24) is 0 Å². The summed E-state index contributed by atoms with van der Waals surface area (Å²) in [7, 11) is 0. The number of nitrogens with zero attached hydrogens (tertiary/aromatic N) is 2. The standard InChI is InChI=1S/C30H42ClN2S/c1-30(2)26-21-25(31)15-16-27(26)33(18-17-23-9-6-7-10-23)28(30)13-8-14-29-32(19-20-34-29)22-24-11-4-3-5-12-24/h8,13-16,21,23-24H,3-7,9-12,17-20,22H2,1-2H3/q+1. The minimum atomic E-state index is -0.0322. The summed E-state index contributed by atoms with van der Waals surface area (Å²) in [4.78, 5) is 2.60. The molecule has 0 atom stereocenters. The van der Waals surface area contributed by atoms with Gasteiger partial charge >= 0.3 is 0 Å². The van der Waals surface area contributed by atoms with E-state index in [0.29, 0.717) is 0 Å². The third kappa shape index (κ3) is 5.31. The van der Waals surface area contributed by atoms with Gasteiger partial charge in [-0.05, 0) is 55.0 Å². The number of allylic oxidation sites excluding steroid dienone is 3. The summed E-state index contributed by atoms with van der Waals surface area (Å²) in [5.74, 6) is 3.02. The second kappa shape index (κ2) is 10.8. The van der Waals surface area contributed by atoms with Gasteiger partial charge in [-0.15, -0.1) is 0 Å². The van der Waals surface area contributed by atoms with E-state index in [2.05, 4.69) is 59.8 Å². The summed E-state index contributed by atoms with van der Waals surface area (Å²) in [5, 5.41) is 2.31. The van der Waals surface area contributed by atoms with Crippen molar-refractivity contribution < 1.29 is 4.58 Å². The maximum atomic E-state index is 6.45. The average Bonchev–Trinajstić information content (AvgIpc) is 3.55. The molecule has 0 radical (unpaired) electrons. The summed E-state index contributed by atoms with van der Waals surface area (Å²) in [5.41, 5.74) is 4.11. The van der Waals surface area contributed by atoms with Gasteiger partial charge in [0.1, 0.15) is 6.54 Å². The quantitative estimate of drug-likeness (QED) is 0.350. The zero-order valence-corrected chi connectivity index (χ0v) is 22.8. The molecule has 1 aromatic carbocycles. The third-order valence-corrected chi connectivity index (χ3v) is 10.0. The lowest BCUT2D eigenvalue weighted by atomic mass is 9.83. The molecule has 4 aliphatic rings. The van der Waals surface area contributed by atoms with Gasteiger partial charge < -0.3 is 4.90 Å². The fourth-order valence-corrected chi connectivity index (χ4v) is 7.92. The molecule has 0 unspecified atom stereocenters. The highest BCUT2D eigenvalue weighted by atomic mass is 35.5. The van der Waals surface area contributed by atoms with Crippen LogP contribution in [0.5, 0.6) is 0 Å². The third-order valence-electron chi connectivity index (χ3n) is 8.71. The highest BCUT2D eigenvalue weighted by Gasteiger charge is 2.40. The van der Waals surface area contributed by atoms with Gasteiger partial charge in [-0.3, -0.25) is 0 Å². The number of thioether (sulfide) groups is 1. The minimum Gasteiger partial charge on any atom is -0.344 e. The highest BCUT2D eigenvalue weighted by Crippen LogP contribution is 2.49. The predicted octanol–water partition coefficient (Wildman–Crippen LogP) is 8.20. The number of benzene rings is 1. The zero-order valence-electron chi connectivity index (χ0n) is 21.2. The monoisotopic (exact) mass is 497 g/mol. The topological polar surface area (TPSA) is 6.25 Å². The van der Waals surface area contributed by atoms with Crippen LogP contribution in [0.25, 0.3) is 0 Å². The van der Waals surface area contributed by atoms with Gasteiger partial charge in [0.05, 0.1) is 5.75 Å². The van der Waals surface area contributed by atoms with Gasteiger partial charge in [-0.2, -0.15) is 0 Å². The molecule has 2 aliphatic carbocycles. The lowest BCUT2D eigenvalue weighted by Crippen LogP contribution is -2.28. The molecule has 2 heterocycles. The summed E-state index contributed by atoms with van der Waals surface area (Å²) >= 11 is 8.48. The first-order chi connectivity index (χ1) is 16.5. The first-order valence-corrected chi connectivity index (χ1v) is 15.1. The van der Waals surface area contributed by atoms with Crippen LogP contribution in [-0.4, -0.2) is 35.0 Å². The number of fused-ring (bicyclic) bond motifs is 1. The van der Waals surface area contributed by atoms with Crippen LogP contribution < -0.4 is 4.90 Å². The number of halogens is 1. The smallest absolute Gasteiger partial charge is 0.234 e. The van der Waals surface area contributed by atoms with Gasteiger partial charge in [-0.25, -0.2) is 4.58 Å². The molecule has 0 N–H and O–H groups in total. The first-order valence-electron chi connectivity index (χ1n) is 13.7. The fraction of sp³-hybridized carbons (Fsp3) is 0.633. The molecule has 2 saturated carbocycles. The molecule has 2 fully saturated rings. The Morgan fingerprint density at radius 1 is 1.06 bits per heavy atom. The van der Waals surface area contributed by atoms with Crippen molar-refractivity contribution in [3.05, 3.63) is 52.7 Å². The molecular formula is C30H42ClN2S+. The maximum absolute atomic E-state index is 6.45. The molecule has 0 aromatic heterocycles. The lowest BCUT2D eigenvalue weighted by molar-refractivity contribution is -0.525. The van der Waals surface area contributed by atoms with Crippen molar-refractivity contribution in [2.24, 2.45) is 11.8 Å². The number of rotatable bonds is 7. The van der Waals surface area contributed by atoms with Crippen molar-refractivity contribution in [3.63, 3.8) is 0 Å². The van der Waals surface area contributed by atoms with Gasteiger partial charge in [0.15, 0.2) is 6.54 Å². The molecule has 2 aliphatic heterocycles. The molecule has 0 bridgehead atoms. The Balaban J connectivity index is 1.37. The Labute approximate surface area is 216 Å². The molecule has 0 saturated heterocycles. The summed E-state index contributed by atoms with van der Waals surface area (Å²) in [6.45, 7) is 8.31. The van der Waals surface area contributed by atoms with E-state index in [0.717, 1.165) is 23.4 Å². The first kappa shape index (κ1) is 24.5. The van der Waals surface area contributed by atoms with Crippen molar-refractivity contribution in [1.29, 1.82) is 0 Å². The molecular weight excluding hydrogens is 456 g/mol. The van der Waals surface area contributed by atoms with Crippen molar-refractivity contribution >= 4 is 34.1 Å². The SMILES string of the molecule is CC1(C)/C(=C\C=C\C2=[N+](CC3CCCCC3)CCS2)N(CCC2CCCC2)c2ccc(Cl)cc21. The van der Waals surface area contributed by atoms with Crippen LogP contribution in [0.15, 0.2) is 42.1 Å². The molecule has 34 heavy (non-hydrogen) atoms. The zero-order chi connectivity index (χ0) is 23.5. The van der Waals surface area contributed by atoms with E-state index in [1.807, 2.05) is 11.8 Å². The molecule has 184 valence electrons. The molecule has 2 nitrogen and oxygen atoms in total. The van der Waals surface area contributed by atoms with Crippen molar-refractivity contribution in [2.75, 3.05) is 30.3 Å². The van der Waals surface area contributed by atoms with Gasteiger partial charge in [0, 0.05) is 40.4 Å². The molecule has 4 heteroatoms. The number of hydrogen-bond acceptors (Lipinski definition) is 2. The van der Waals surface area contributed by atoms with Crippen molar-refractivity contribution in [2.45, 2.75) is 83.5 Å². The predicted molar refractivity (Wildman–Crippen MR) is 150 cm³/mol.